The SMILES string of the molecule is CC/C=C\C/C=C\C/C=C\C/C=C\C/C=C\C/C=C\CCCCCCCCCCC(=O)NC(COP(=O)([O-])OCC[N+](C)(C)C)C(O)/C=C/CCCCCCCCCCCCCCCCCCCC. The van der Waals surface area contributed by atoms with Crippen molar-refractivity contribution in [2.45, 2.75) is 251 Å². The Balaban J connectivity index is 4.27. The number of carbonyl (C=O) groups excluding carboxylic acids is 1. The van der Waals surface area contributed by atoms with E-state index in [2.05, 4.69) is 92.1 Å². The lowest BCUT2D eigenvalue weighted by atomic mass is 10.0. The molecule has 0 radical (unpaired) electrons. The minimum absolute atomic E-state index is 0.00646. The molecule has 0 aliphatic heterocycles. The zero-order valence-electron chi connectivity index (χ0n) is 45.5. The van der Waals surface area contributed by atoms with Gasteiger partial charge in [-0.2, -0.15) is 0 Å². The summed E-state index contributed by atoms with van der Waals surface area (Å²) in [6.07, 6.45) is 70.7. The van der Waals surface area contributed by atoms with Gasteiger partial charge in [0, 0.05) is 6.42 Å². The van der Waals surface area contributed by atoms with E-state index in [0.29, 0.717) is 17.4 Å². The molecule has 0 heterocycles. The number of allylic oxidation sites excluding steroid dienone is 13. The van der Waals surface area contributed by atoms with Crippen LogP contribution in [0.4, 0.5) is 0 Å². The number of hydrogen-bond donors (Lipinski definition) is 2. The zero-order valence-corrected chi connectivity index (χ0v) is 46.4. The number of phosphoric ester groups is 1. The van der Waals surface area contributed by atoms with E-state index in [4.69, 9.17) is 9.05 Å². The number of amides is 1. The van der Waals surface area contributed by atoms with E-state index in [1.807, 2.05) is 27.2 Å². The summed E-state index contributed by atoms with van der Waals surface area (Å²) in [6, 6.07) is -0.897. The maximum Gasteiger partial charge on any atom is 0.268 e. The van der Waals surface area contributed by atoms with E-state index in [0.717, 1.165) is 89.9 Å². The van der Waals surface area contributed by atoms with Gasteiger partial charge in [0.1, 0.15) is 13.2 Å². The highest BCUT2D eigenvalue weighted by atomic mass is 31.2. The molecule has 3 unspecified atom stereocenters. The lowest BCUT2D eigenvalue weighted by molar-refractivity contribution is -0.870. The van der Waals surface area contributed by atoms with Crippen molar-refractivity contribution in [2.24, 2.45) is 0 Å². The Labute approximate surface area is 426 Å². The molecule has 69 heavy (non-hydrogen) atoms. The van der Waals surface area contributed by atoms with Crippen LogP contribution in [0.5, 0.6) is 0 Å². The molecule has 0 aliphatic rings. The average Bonchev–Trinajstić information content (AvgIpc) is 3.31. The summed E-state index contributed by atoms with van der Waals surface area (Å²) in [4.78, 5) is 25.5. The molecule has 0 bridgehead atoms. The number of rotatable bonds is 51. The molecular weight excluding hydrogens is 876 g/mol. The molecule has 0 spiro atoms. The summed E-state index contributed by atoms with van der Waals surface area (Å²) in [5, 5.41) is 13.9. The summed E-state index contributed by atoms with van der Waals surface area (Å²) in [6.45, 7) is 4.54. The molecule has 0 rings (SSSR count). The van der Waals surface area contributed by atoms with Gasteiger partial charge in [-0.1, -0.05) is 247 Å². The number of quaternary nitrogens is 1. The first kappa shape index (κ1) is 66.7. The second-order valence-corrected chi connectivity index (χ2v) is 21.7. The van der Waals surface area contributed by atoms with Crippen LogP contribution in [0.1, 0.15) is 239 Å². The van der Waals surface area contributed by atoms with Gasteiger partial charge in [-0.15, -0.1) is 0 Å². The first-order valence-corrected chi connectivity index (χ1v) is 29.9. The number of hydrogen-bond acceptors (Lipinski definition) is 6. The van der Waals surface area contributed by atoms with Crippen LogP contribution in [0.15, 0.2) is 85.1 Å². The van der Waals surface area contributed by atoms with Gasteiger partial charge in [0.15, 0.2) is 0 Å². The van der Waals surface area contributed by atoms with Crippen molar-refractivity contribution in [1.29, 1.82) is 0 Å². The third-order valence-corrected chi connectivity index (χ3v) is 13.3. The highest BCUT2D eigenvalue weighted by Gasteiger charge is 2.23. The molecule has 0 aromatic carbocycles. The van der Waals surface area contributed by atoms with Crippen LogP contribution in [-0.2, 0) is 18.4 Å². The van der Waals surface area contributed by atoms with Crippen molar-refractivity contribution in [3.05, 3.63) is 85.1 Å². The molecule has 9 heteroatoms. The van der Waals surface area contributed by atoms with Crippen molar-refractivity contribution in [3.8, 4) is 0 Å². The fourth-order valence-corrected chi connectivity index (χ4v) is 8.64. The highest BCUT2D eigenvalue weighted by molar-refractivity contribution is 7.45. The summed E-state index contributed by atoms with van der Waals surface area (Å²) in [7, 11) is 1.25. The molecule has 8 nitrogen and oxygen atoms in total. The maximum absolute atomic E-state index is 13.0. The number of aliphatic hydroxyl groups is 1. The number of phosphoric acid groups is 1. The van der Waals surface area contributed by atoms with Crippen molar-refractivity contribution >= 4 is 13.7 Å². The fraction of sp³-hybridized carbons (Fsp3) is 0.750. The van der Waals surface area contributed by atoms with Crippen molar-refractivity contribution < 1.29 is 32.9 Å². The topological polar surface area (TPSA) is 108 Å². The van der Waals surface area contributed by atoms with E-state index in [1.54, 1.807) is 6.08 Å². The molecule has 1 amide bonds. The Hall–Kier alpha value is -2.32. The van der Waals surface area contributed by atoms with Crippen LogP contribution in [-0.4, -0.2) is 68.5 Å². The van der Waals surface area contributed by atoms with E-state index < -0.39 is 20.0 Å². The minimum atomic E-state index is -4.60. The van der Waals surface area contributed by atoms with Crippen LogP contribution in [0.3, 0.4) is 0 Å². The van der Waals surface area contributed by atoms with Gasteiger partial charge in [-0.05, 0) is 70.6 Å². The molecule has 3 atom stereocenters. The summed E-state index contributed by atoms with van der Waals surface area (Å²) in [5.41, 5.74) is 0. The second-order valence-electron chi connectivity index (χ2n) is 20.3. The molecule has 0 aromatic rings. The third-order valence-electron chi connectivity index (χ3n) is 12.4. The Morgan fingerprint density at radius 2 is 0.884 bits per heavy atom. The molecular formula is C60H109N2O6P. The first-order valence-electron chi connectivity index (χ1n) is 28.4. The smallest absolute Gasteiger partial charge is 0.268 e. The lowest BCUT2D eigenvalue weighted by Gasteiger charge is -2.29. The fourth-order valence-electron chi connectivity index (χ4n) is 7.92. The van der Waals surface area contributed by atoms with E-state index >= 15 is 0 Å². The quantitative estimate of drug-likeness (QED) is 0.0272. The largest absolute Gasteiger partial charge is 0.756 e. The van der Waals surface area contributed by atoms with E-state index in [-0.39, 0.29) is 19.1 Å². The monoisotopic (exact) mass is 985 g/mol. The van der Waals surface area contributed by atoms with Crippen LogP contribution in [0.2, 0.25) is 0 Å². The molecule has 0 saturated carbocycles. The van der Waals surface area contributed by atoms with Crippen LogP contribution in [0, 0.1) is 0 Å². The number of likely N-dealkylation sites (N-methyl/N-ethyl adjacent to an activating group) is 1. The van der Waals surface area contributed by atoms with Gasteiger partial charge in [-0.3, -0.25) is 9.36 Å². The number of nitrogens with one attached hydrogen (secondary N) is 1. The van der Waals surface area contributed by atoms with Gasteiger partial charge in [-0.25, -0.2) is 0 Å². The summed E-state index contributed by atoms with van der Waals surface area (Å²) < 4.78 is 23.3. The van der Waals surface area contributed by atoms with Gasteiger partial charge >= 0.3 is 0 Å². The summed E-state index contributed by atoms with van der Waals surface area (Å²) in [5.74, 6) is -0.208. The predicted octanol–water partition coefficient (Wildman–Crippen LogP) is 16.6. The molecule has 2 N–H and O–H groups in total. The first-order chi connectivity index (χ1) is 33.5. The van der Waals surface area contributed by atoms with Crippen LogP contribution >= 0.6 is 7.82 Å². The molecule has 0 fully saturated rings. The van der Waals surface area contributed by atoms with Gasteiger partial charge in [0.05, 0.1) is 39.9 Å². The molecule has 0 aliphatic carbocycles. The third kappa shape index (κ3) is 53.3. The molecule has 0 aromatic heterocycles. The van der Waals surface area contributed by atoms with Gasteiger partial charge in [0.25, 0.3) is 7.82 Å². The van der Waals surface area contributed by atoms with Crippen LogP contribution < -0.4 is 10.2 Å². The van der Waals surface area contributed by atoms with E-state index in [9.17, 15) is 19.4 Å². The minimum Gasteiger partial charge on any atom is -0.756 e. The van der Waals surface area contributed by atoms with Crippen molar-refractivity contribution in [3.63, 3.8) is 0 Å². The van der Waals surface area contributed by atoms with Gasteiger partial charge < -0.3 is 28.8 Å². The zero-order chi connectivity index (χ0) is 50.6. The lowest BCUT2D eigenvalue weighted by Crippen LogP contribution is -2.45. The number of unbranched alkanes of at least 4 members (excludes halogenated alkanes) is 26. The highest BCUT2D eigenvalue weighted by Crippen LogP contribution is 2.38. The van der Waals surface area contributed by atoms with Crippen molar-refractivity contribution in [2.75, 3.05) is 40.9 Å². The predicted molar refractivity (Wildman–Crippen MR) is 297 cm³/mol. The van der Waals surface area contributed by atoms with Crippen LogP contribution in [0.25, 0.3) is 0 Å². The number of aliphatic hydroxyl groups excluding tert-OH is 1. The van der Waals surface area contributed by atoms with E-state index in [1.165, 1.54) is 128 Å². The Kier molecular flexibility index (Phi) is 48.9. The second kappa shape index (κ2) is 50.6. The molecule has 400 valence electrons. The molecule has 0 saturated heterocycles. The normalized spacial score (nSPS) is 14.6. The number of nitrogens with zero attached hydrogens (tertiary/aromatic N) is 1. The Bertz CT molecular complexity index is 1400. The standard InChI is InChI=1S/C60H109N2O6P/c1-6-8-10-12-14-16-18-20-22-24-26-28-29-30-31-32-33-34-36-38-40-42-44-46-48-50-52-54-60(64)61-58(57-68-69(65,66)67-56-55-62(3,4)5)59(63)53-51-49-47-45-43-41-39-37-35-27-25-23-21-19-17-15-13-11-9-7-2/h8,10,14,16,20,22,26,28,30-31,33-34,51,53,58-59,63H,6-7,9,11-13,15,17-19,21,23-25,27,29,32,35-50,52,54-57H2,1-5H3,(H-,61,64,65,66)/b10-8-,16-14-,22-20-,28-26-,31-30-,34-33-,53-51+. The van der Waals surface area contributed by atoms with Crippen molar-refractivity contribution in [1.82, 2.24) is 5.32 Å². The summed E-state index contributed by atoms with van der Waals surface area (Å²) >= 11 is 0. The number of carbonyl (C=O) groups is 1. The van der Waals surface area contributed by atoms with Gasteiger partial charge in [0.2, 0.25) is 5.91 Å². The maximum atomic E-state index is 13.0. The Morgan fingerprint density at radius 3 is 1.29 bits per heavy atom. The Morgan fingerprint density at radius 1 is 0.522 bits per heavy atom. The average molecular weight is 986 g/mol.